The van der Waals surface area contributed by atoms with Gasteiger partial charge in [0.25, 0.3) is 0 Å². The molecule has 4 heteroatoms. The van der Waals surface area contributed by atoms with Crippen molar-refractivity contribution in [2.75, 3.05) is 6.54 Å². The summed E-state index contributed by atoms with van der Waals surface area (Å²) in [5, 5.41) is 12.2. The van der Waals surface area contributed by atoms with Crippen molar-refractivity contribution in [1.82, 2.24) is 10.2 Å². The van der Waals surface area contributed by atoms with Crippen LogP contribution in [0.4, 0.5) is 0 Å². The molecule has 2 N–H and O–H groups in total. The van der Waals surface area contributed by atoms with Gasteiger partial charge in [-0.1, -0.05) is 43.2 Å². The summed E-state index contributed by atoms with van der Waals surface area (Å²) in [6.45, 7) is 5.43. The number of rotatable bonds is 7. The molecule has 2 rings (SSSR count). The van der Waals surface area contributed by atoms with Gasteiger partial charge in [0, 0.05) is 24.7 Å². The van der Waals surface area contributed by atoms with E-state index in [-0.39, 0.29) is 12.6 Å². The van der Waals surface area contributed by atoms with Crippen molar-refractivity contribution in [3.05, 3.63) is 35.9 Å². The Labute approximate surface area is 133 Å². The maximum atomic E-state index is 10.9. The molecule has 1 aromatic rings. The highest BCUT2D eigenvalue weighted by Gasteiger charge is 2.31. The quantitative estimate of drug-likeness (QED) is 0.813. The van der Waals surface area contributed by atoms with Gasteiger partial charge in [0.1, 0.15) is 0 Å². The number of hydrogen-bond acceptors (Lipinski definition) is 3. The fraction of sp³-hybridized carbons (Fsp3) is 0.611. The lowest BCUT2D eigenvalue weighted by Crippen LogP contribution is -2.54. The maximum Gasteiger partial charge on any atom is 0.317 e. The second kappa shape index (κ2) is 8.30. The Hall–Kier alpha value is -1.39. The molecule has 1 fully saturated rings. The van der Waals surface area contributed by atoms with Crippen LogP contribution in [0.2, 0.25) is 0 Å². The summed E-state index contributed by atoms with van der Waals surface area (Å²) in [6, 6.07) is 11.7. The van der Waals surface area contributed by atoms with Crippen molar-refractivity contribution in [2.24, 2.45) is 0 Å². The number of aliphatic carboxylic acids is 1. The Kier molecular flexibility index (Phi) is 6.40. The highest BCUT2D eigenvalue weighted by molar-refractivity contribution is 5.69. The minimum absolute atomic E-state index is 0.0540. The Morgan fingerprint density at radius 3 is 2.59 bits per heavy atom. The molecule has 0 amide bonds. The maximum absolute atomic E-state index is 10.9. The Morgan fingerprint density at radius 1 is 1.27 bits per heavy atom. The smallest absolute Gasteiger partial charge is 0.317 e. The zero-order valence-corrected chi connectivity index (χ0v) is 13.7. The van der Waals surface area contributed by atoms with E-state index in [2.05, 4.69) is 48.3 Å². The Morgan fingerprint density at radius 2 is 1.95 bits per heavy atom. The van der Waals surface area contributed by atoms with Gasteiger partial charge in [0.15, 0.2) is 0 Å². The van der Waals surface area contributed by atoms with E-state index in [1.54, 1.807) is 0 Å². The number of carboxylic acid groups (broad SMARTS) is 1. The van der Waals surface area contributed by atoms with Crippen LogP contribution in [0.5, 0.6) is 0 Å². The summed E-state index contributed by atoms with van der Waals surface area (Å²) in [6.07, 6.45) is 4.62. The second-order valence-corrected chi connectivity index (χ2v) is 6.48. The van der Waals surface area contributed by atoms with Crippen molar-refractivity contribution in [1.29, 1.82) is 0 Å². The fourth-order valence-corrected chi connectivity index (χ4v) is 3.44. The van der Waals surface area contributed by atoms with E-state index in [0.717, 1.165) is 19.4 Å². The predicted molar refractivity (Wildman–Crippen MR) is 88.8 cm³/mol. The van der Waals surface area contributed by atoms with Crippen molar-refractivity contribution >= 4 is 5.97 Å². The zero-order chi connectivity index (χ0) is 15.9. The molecule has 1 aliphatic carbocycles. The van der Waals surface area contributed by atoms with Crippen LogP contribution in [0.1, 0.15) is 45.1 Å². The van der Waals surface area contributed by atoms with Crippen LogP contribution in [0, 0.1) is 0 Å². The number of nitrogens with one attached hydrogen (secondary N) is 1. The molecule has 1 aromatic carbocycles. The Balaban J connectivity index is 2.08. The van der Waals surface area contributed by atoms with E-state index in [4.69, 9.17) is 5.11 Å². The molecular formula is C18H28N2O2. The van der Waals surface area contributed by atoms with E-state index >= 15 is 0 Å². The van der Waals surface area contributed by atoms with E-state index in [1.165, 1.54) is 18.4 Å². The van der Waals surface area contributed by atoms with E-state index in [9.17, 15) is 4.79 Å². The van der Waals surface area contributed by atoms with Gasteiger partial charge in [-0.3, -0.25) is 9.69 Å². The molecule has 0 saturated heterocycles. The largest absolute Gasteiger partial charge is 0.480 e. The van der Waals surface area contributed by atoms with Crippen LogP contribution < -0.4 is 5.32 Å². The normalized spacial score (nSPS) is 22.2. The topological polar surface area (TPSA) is 52.6 Å². The van der Waals surface area contributed by atoms with Gasteiger partial charge in [-0.05, 0) is 32.3 Å². The van der Waals surface area contributed by atoms with Crippen molar-refractivity contribution < 1.29 is 9.90 Å². The van der Waals surface area contributed by atoms with E-state index in [0.29, 0.717) is 12.1 Å². The average molecular weight is 304 g/mol. The number of benzene rings is 1. The van der Waals surface area contributed by atoms with Gasteiger partial charge in [-0.25, -0.2) is 0 Å². The summed E-state index contributed by atoms with van der Waals surface area (Å²) in [7, 11) is 0. The molecule has 2 atom stereocenters. The van der Waals surface area contributed by atoms with Gasteiger partial charge in [-0.2, -0.15) is 0 Å². The summed E-state index contributed by atoms with van der Waals surface area (Å²) < 4.78 is 0. The lowest BCUT2D eigenvalue weighted by atomic mass is 9.88. The van der Waals surface area contributed by atoms with Crippen LogP contribution >= 0.6 is 0 Å². The SMILES string of the molecule is CC(C)N(Cc1ccccc1)[C@H]1CCCC[C@@H]1NCC(=O)O. The van der Waals surface area contributed by atoms with Crippen LogP contribution in [-0.2, 0) is 11.3 Å². The molecule has 4 nitrogen and oxygen atoms in total. The zero-order valence-electron chi connectivity index (χ0n) is 13.7. The third-order valence-corrected chi connectivity index (χ3v) is 4.54. The average Bonchev–Trinajstić information content (AvgIpc) is 2.52. The molecule has 0 bridgehead atoms. The third-order valence-electron chi connectivity index (χ3n) is 4.54. The molecule has 0 unspecified atom stereocenters. The number of hydrogen-bond donors (Lipinski definition) is 2. The monoisotopic (exact) mass is 304 g/mol. The summed E-state index contributed by atoms with van der Waals surface area (Å²) in [5.41, 5.74) is 1.32. The minimum Gasteiger partial charge on any atom is -0.480 e. The van der Waals surface area contributed by atoms with Gasteiger partial charge in [0.2, 0.25) is 0 Å². The second-order valence-electron chi connectivity index (χ2n) is 6.48. The van der Waals surface area contributed by atoms with Crippen LogP contribution in [-0.4, -0.2) is 40.6 Å². The first-order valence-corrected chi connectivity index (χ1v) is 8.32. The standard InChI is InChI=1S/C18H28N2O2/c1-14(2)20(13-15-8-4-3-5-9-15)17-11-7-6-10-16(17)19-12-18(21)22/h3-5,8-9,14,16-17,19H,6-7,10-13H2,1-2H3,(H,21,22)/t16-,17-/m0/s1. The minimum atomic E-state index is -0.775. The summed E-state index contributed by atoms with van der Waals surface area (Å²) in [5.74, 6) is -0.775. The number of carbonyl (C=O) groups is 1. The van der Waals surface area contributed by atoms with Gasteiger partial charge in [-0.15, -0.1) is 0 Å². The molecule has 0 aliphatic heterocycles. The van der Waals surface area contributed by atoms with Crippen molar-refractivity contribution in [2.45, 2.75) is 64.2 Å². The fourth-order valence-electron chi connectivity index (χ4n) is 3.44. The molecule has 0 heterocycles. The van der Waals surface area contributed by atoms with Crippen LogP contribution in [0.25, 0.3) is 0 Å². The van der Waals surface area contributed by atoms with Crippen molar-refractivity contribution in [3.63, 3.8) is 0 Å². The van der Waals surface area contributed by atoms with Crippen LogP contribution in [0.15, 0.2) is 30.3 Å². The first kappa shape index (κ1) is 17.0. The van der Waals surface area contributed by atoms with Crippen LogP contribution in [0.3, 0.4) is 0 Å². The van der Waals surface area contributed by atoms with Gasteiger partial charge < -0.3 is 10.4 Å². The predicted octanol–water partition coefficient (Wildman–Crippen LogP) is 2.88. The lowest BCUT2D eigenvalue weighted by molar-refractivity contribution is -0.136. The summed E-state index contributed by atoms with van der Waals surface area (Å²) >= 11 is 0. The van der Waals surface area contributed by atoms with Crippen molar-refractivity contribution in [3.8, 4) is 0 Å². The molecular weight excluding hydrogens is 276 g/mol. The molecule has 0 radical (unpaired) electrons. The molecule has 0 aromatic heterocycles. The number of nitrogens with zero attached hydrogens (tertiary/aromatic N) is 1. The van der Waals surface area contributed by atoms with E-state index < -0.39 is 5.97 Å². The highest BCUT2D eigenvalue weighted by atomic mass is 16.4. The Bertz CT molecular complexity index is 461. The van der Waals surface area contributed by atoms with Gasteiger partial charge in [0.05, 0.1) is 6.54 Å². The molecule has 0 spiro atoms. The number of carboxylic acids is 1. The van der Waals surface area contributed by atoms with E-state index in [1.807, 2.05) is 6.07 Å². The summed E-state index contributed by atoms with van der Waals surface area (Å²) in [4.78, 5) is 13.4. The molecule has 1 saturated carbocycles. The van der Waals surface area contributed by atoms with Gasteiger partial charge >= 0.3 is 5.97 Å². The first-order chi connectivity index (χ1) is 10.6. The molecule has 22 heavy (non-hydrogen) atoms. The molecule has 122 valence electrons. The molecule has 1 aliphatic rings. The first-order valence-electron chi connectivity index (χ1n) is 8.32. The lowest BCUT2D eigenvalue weighted by Gasteiger charge is -2.42. The highest BCUT2D eigenvalue weighted by Crippen LogP contribution is 2.26. The third kappa shape index (κ3) is 4.82.